The van der Waals surface area contributed by atoms with Gasteiger partial charge in [-0.15, -0.1) is 11.3 Å². The van der Waals surface area contributed by atoms with Crippen molar-refractivity contribution in [3.8, 4) is 0 Å². The molecule has 0 aliphatic carbocycles. The van der Waals surface area contributed by atoms with Crippen LogP contribution >= 0.6 is 27.3 Å². The molecule has 0 radical (unpaired) electrons. The van der Waals surface area contributed by atoms with E-state index in [0.29, 0.717) is 10.4 Å². The summed E-state index contributed by atoms with van der Waals surface area (Å²) in [4.78, 5) is 25.7. The van der Waals surface area contributed by atoms with Gasteiger partial charge in [-0.25, -0.2) is 0 Å². The van der Waals surface area contributed by atoms with Gasteiger partial charge >= 0.3 is 0 Å². The van der Waals surface area contributed by atoms with E-state index in [1.807, 2.05) is 19.1 Å². The van der Waals surface area contributed by atoms with Crippen molar-refractivity contribution >= 4 is 39.1 Å². The van der Waals surface area contributed by atoms with E-state index in [1.54, 1.807) is 18.2 Å². The van der Waals surface area contributed by atoms with Crippen LogP contribution < -0.4 is 10.9 Å². The molecule has 110 valence electrons. The molecule has 4 nitrogen and oxygen atoms in total. The first-order valence-electron chi connectivity index (χ1n) is 6.46. The quantitative estimate of drug-likeness (QED) is 0.817. The molecule has 1 heterocycles. The fourth-order valence-electron chi connectivity index (χ4n) is 1.86. The minimum atomic E-state index is -0.353. The third kappa shape index (κ3) is 3.92. The highest BCUT2D eigenvalue weighted by Gasteiger charge is 2.13. The van der Waals surface area contributed by atoms with E-state index in [4.69, 9.17) is 0 Å². The maximum absolute atomic E-state index is 12.0. The number of halogens is 1. The van der Waals surface area contributed by atoms with E-state index in [2.05, 4.69) is 33.7 Å². The average Bonchev–Trinajstić information content (AvgIpc) is 2.85. The van der Waals surface area contributed by atoms with Crippen LogP contribution in [-0.2, 0) is 6.42 Å². The molecule has 0 aliphatic heterocycles. The van der Waals surface area contributed by atoms with Gasteiger partial charge in [-0.1, -0.05) is 28.9 Å². The molecule has 0 atom stereocenters. The molecule has 0 spiro atoms. The molecule has 1 aromatic carbocycles. The van der Waals surface area contributed by atoms with Crippen molar-refractivity contribution in [3.05, 3.63) is 55.7 Å². The van der Waals surface area contributed by atoms with Crippen LogP contribution in [0.4, 0.5) is 0 Å². The number of nitrogens with one attached hydrogen (secondary N) is 2. The van der Waals surface area contributed by atoms with Crippen LogP contribution in [0.3, 0.4) is 0 Å². The van der Waals surface area contributed by atoms with Crippen LogP contribution in [0.5, 0.6) is 0 Å². The first kappa shape index (κ1) is 15.7. The molecule has 0 unspecified atom stereocenters. The van der Waals surface area contributed by atoms with E-state index >= 15 is 0 Å². The Morgan fingerprint density at radius 3 is 2.52 bits per heavy atom. The van der Waals surface area contributed by atoms with Gasteiger partial charge in [0.1, 0.15) is 0 Å². The summed E-state index contributed by atoms with van der Waals surface area (Å²) >= 11 is 4.75. The molecule has 0 fully saturated rings. The third-order valence-corrected chi connectivity index (χ3v) is 4.82. The minimum absolute atomic E-state index is 0.300. The van der Waals surface area contributed by atoms with E-state index < -0.39 is 0 Å². The van der Waals surface area contributed by atoms with Gasteiger partial charge in [0.2, 0.25) is 0 Å². The van der Waals surface area contributed by atoms with Crippen LogP contribution in [0.25, 0.3) is 0 Å². The summed E-state index contributed by atoms with van der Waals surface area (Å²) in [5, 5.41) is 0. The lowest BCUT2D eigenvalue weighted by molar-refractivity contribution is 0.0849. The zero-order chi connectivity index (χ0) is 15.4. The van der Waals surface area contributed by atoms with Crippen molar-refractivity contribution < 1.29 is 9.59 Å². The zero-order valence-corrected chi connectivity index (χ0v) is 14.1. The maximum Gasteiger partial charge on any atom is 0.279 e. The van der Waals surface area contributed by atoms with Gasteiger partial charge in [-0.3, -0.25) is 20.4 Å². The largest absolute Gasteiger partial charge is 0.279 e. The second-order valence-corrected chi connectivity index (χ2v) is 6.54. The monoisotopic (exact) mass is 366 g/mol. The van der Waals surface area contributed by atoms with Crippen molar-refractivity contribution in [2.24, 2.45) is 0 Å². The molecule has 2 amide bonds. The van der Waals surface area contributed by atoms with Gasteiger partial charge in [0.05, 0.1) is 4.88 Å². The molecule has 2 rings (SSSR count). The summed E-state index contributed by atoms with van der Waals surface area (Å²) in [5.74, 6) is -0.653. The van der Waals surface area contributed by atoms with Crippen LogP contribution in [0.15, 0.2) is 34.8 Å². The number of carbonyl (C=O) groups is 2. The summed E-state index contributed by atoms with van der Waals surface area (Å²) in [7, 11) is 0. The van der Waals surface area contributed by atoms with E-state index in [1.165, 1.54) is 16.2 Å². The second-order valence-electron chi connectivity index (χ2n) is 4.49. The number of rotatable bonds is 3. The Hall–Kier alpha value is -1.66. The summed E-state index contributed by atoms with van der Waals surface area (Å²) in [6.45, 7) is 4.03. The molecule has 21 heavy (non-hydrogen) atoms. The van der Waals surface area contributed by atoms with Crippen molar-refractivity contribution in [2.75, 3.05) is 0 Å². The topological polar surface area (TPSA) is 58.2 Å². The van der Waals surface area contributed by atoms with E-state index in [-0.39, 0.29) is 11.8 Å². The molecule has 6 heteroatoms. The highest BCUT2D eigenvalue weighted by Crippen LogP contribution is 2.22. The molecular formula is C15H15BrN2O2S. The maximum atomic E-state index is 12.0. The molecule has 0 aliphatic rings. The Morgan fingerprint density at radius 2 is 1.90 bits per heavy atom. The van der Waals surface area contributed by atoms with E-state index in [9.17, 15) is 9.59 Å². The SMILES string of the molecule is CCc1sc(C(=O)NNC(=O)c2cccc(Br)c2)cc1C. The highest BCUT2D eigenvalue weighted by molar-refractivity contribution is 9.10. The molecule has 2 N–H and O–H groups in total. The van der Waals surface area contributed by atoms with Crippen LogP contribution in [0.2, 0.25) is 0 Å². The third-order valence-electron chi connectivity index (χ3n) is 2.94. The van der Waals surface area contributed by atoms with Gasteiger partial charge in [-0.05, 0) is 43.2 Å². The van der Waals surface area contributed by atoms with E-state index in [0.717, 1.165) is 16.5 Å². The Balaban J connectivity index is 1.99. The second kappa shape index (κ2) is 6.87. The van der Waals surface area contributed by atoms with Gasteiger partial charge in [0.25, 0.3) is 11.8 Å². The molecule has 0 saturated carbocycles. The Labute approximate surface area is 135 Å². The summed E-state index contributed by atoms with van der Waals surface area (Å²) in [6, 6.07) is 8.79. The summed E-state index contributed by atoms with van der Waals surface area (Å²) < 4.78 is 0.808. The molecule has 2 aromatic rings. The lowest BCUT2D eigenvalue weighted by Gasteiger charge is -2.06. The smallest absolute Gasteiger partial charge is 0.267 e. The number of benzene rings is 1. The standard InChI is InChI=1S/C15H15BrN2O2S/c1-3-12-9(2)7-13(21-12)15(20)18-17-14(19)10-5-4-6-11(16)8-10/h4-8H,3H2,1-2H3,(H,17,19)(H,18,20). The number of aryl methyl sites for hydroxylation is 2. The normalized spacial score (nSPS) is 10.2. The number of amides is 2. The Morgan fingerprint density at radius 1 is 1.19 bits per heavy atom. The number of thiophene rings is 1. The van der Waals surface area contributed by atoms with Crippen LogP contribution in [-0.4, -0.2) is 11.8 Å². The Kier molecular flexibility index (Phi) is 5.14. The first-order chi connectivity index (χ1) is 10.0. The minimum Gasteiger partial charge on any atom is -0.267 e. The van der Waals surface area contributed by atoms with Crippen molar-refractivity contribution in [3.63, 3.8) is 0 Å². The number of hydrogen-bond acceptors (Lipinski definition) is 3. The predicted molar refractivity (Wildman–Crippen MR) is 87.5 cm³/mol. The van der Waals surface area contributed by atoms with Crippen molar-refractivity contribution in [1.82, 2.24) is 10.9 Å². The summed E-state index contributed by atoms with van der Waals surface area (Å²) in [6.07, 6.45) is 0.897. The fourth-order valence-corrected chi connectivity index (χ4v) is 3.27. The fraction of sp³-hybridized carbons (Fsp3) is 0.200. The first-order valence-corrected chi connectivity index (χ1v) is 8.07. The van der Waals surface area contributed by atoms with Gasteiger partial charge in [0.15, 0.2) is 0 Å². The summed E-state index contributed by atoms with van der Waals surface area (Å²) in [5.41, 5.74) is 6.43. The molecule has 0 bridgehead atoms. The van der Waals surface area contributed by atoms with Crippen LogP contribution in [0.1, 0.15) is 37.4 Å². The number of carbonyl (C=O) groups excluding carboxylic acids is 2. The average molecular weight is 367 g/mol. The van der Waals surface area contributed by atoms with Gasteiger partial charge < -0.3 is 0 Å². The lowest BCUT2D eigenvalue weighted by atomic mass is 10.2. The van der Waals surface area contributed by atoms with Gasteiger partial charge in [-0.2, -0.15) is 0 Å². The van der Waals surface area contributed by atoms with Crippen molar-refractivity contribution in [2.45, 2.75) is 20.3 Å². The lowest BCUT2D eigenvalue weighted by Crippen LogP contribution is -2.41. The van der Waals surface area contributed by atoms with Crippen LogP contribution in [0, 0.1) is 6.92 Å². The van der Waals surface area contributed by atoms with Crippen molar-refractivity contribution in [1.29, 1.82) is 0 Å². The molecule has 1 aromatic heterocycles. The Bertz CT molecular complexity index is 682. The highest BCUT2D eigenvalue weighted by atomic mass is 79.9. The predicted octanol–water partition coefficient (Wildman–Crippen LogP) is 3.46. The number of hydrazine groups is 1. The van der Waals surface area contributed by atoms with Gasteiger partial charge in [0, 0.05) is 14.9 Å². The number of hydrogen-bond donors (Lipinski definition) is 2. The zero-order valence-electron chi connectivity index (χ0n) is 11.7. The molecular weight excluding hydrogens is 352 g/mol. The molecule has 0 saturated heterocycles.